The Morgan fingerprint density at radius 2 is 1.45 bits per heavy atom. The maximum absolute atomic E-state index is 13.3. The third-order valence-corrected chi connectivity index (χ3v) is 6.22. The molecule has 0 fully saturated rings. The van der Waals surface area contributed by atoms with Gasteiger partial charge in [-0.05, 0) is 47.7 Å². The van der Waals surface area contributed by atoms with Crippen LogP contribution in [0.4, 0.5) is 0 Å². The molecule has 0 spiro atoms. The summed E-state index contributed by atoms with van der Waals surface area (Å²) in [6.45, 7) is 6.68. The second kappa shape index (κ2) is 12.0. The summed E-state index contributed by atoms with van der Waals surface area (Å²) < 4.78 is 0. The van der Waals surface area contributed by atoms with Crippen LogP contribution in [0, 0.1) is 5.92 Å². The van der Waals surface area contributed by atoms with Gasteiger partial charge in [0.05, 0.1) is 26.5 Å². The molecule has 2 aromatic rings. The lowest BCUT2D eigenvalue weighted by Gasteiger charge is -2.31. The normalized spacial score (nSPS) is 12.0. The summed E-state index contributed by atoms with van der Waals surface area (Å²) in [7, 11) is 0. The summed E-state index contributed by atoms with van der Waals surface area (Å²) in [5.74, 6) is -0.0772. The first-order chi connectivity index (χ1) is 14.6. The Balaban J connectivity index is 2.31. The average Bonchev–Trinajstić information content (AvgIpc) is 2.71. The molecule has 8 heteroatoms. The van der Waals surface area contributed by atoms with E-state index in [0.29, 0.717) is 39.0 Å². The molecule has 168 valence electrons. The minimum atomic E-state index is -0.622. The quantitative estimate of drug-likeness (QED) is 0.429. The van der Waals surface area contributed by atoms with Crippen LogP contribution in [-0.2, 0) is 22.6 Å². The van der Waals surface area contributed by atoms with Gasteiger partial charge >= 0.3 is 0 Å². The van der Waals surface area contributed by atoms with E-state index in [1.54, 1.807) is 41.3 Å². The van der Waals surface area contributed by atoms with Gasteiger partial charge in [0.1, 0.15) is 6.04 Å². The first kappa shape index (κ1) is 25.8. The Morgan fingerprint density at radius 1 is 0.903 bits per heavy atom. The van der Waals surface area contributed by atoms with Crippen LogP contribution in [0.15, 0.2) is 36.4 Å². The van der Waals surface area contributed by atoms with Crippen LogP contribution >= 0.6 is 46.4 Å². The third-order valence-electron chi connectivity index (χ3n) is 4.75. The number of halogens is 4. The number of nitrogens with zero attached hydrogens (tertiary/aromatic N) is 1. The molecule has 0 heterocycles. The van der Waals surface area contributed by atoms with Gasteiger partial charge in [-0.25, -0.2) is 0 Å². The highest BCUT2D eigenvalue weighted by atomic mass is 35.5. The maximum atomic E-state index is 13.3. The van der Waals surface area contributed by atoms with E-state index >= 15 is 0 Å². The van der Waals surface area contributed by atoms with Crippen molar-refractivity contribution in [3.05, 3.63) is 67.6 Å². The summed E-state index contributed by atoms with van der Waals surface area (Å²) >= 11 is 24.3. The van der Waals surface area contributed by atoms with Gasteiger partial charge in [-0.15, -0.1) is 0 Å². The molecule has 0 aliphatic rings. The average molecular weight is 504 g/mol. The number of carbonyl (C=O) groups excluding carboxylic acids is 2. The number of hydrogen-bond donors (Lipinski definition) is 1. The standard InChI is InChI=1S/C23H26Cl4N2O2/c1-4-21(23(31)28-12-14(2)3)29(13-16-6-8-18(25)20(27)10-16)22(30)11-15-5-7-17(24)19(26)9-15/h5-10,14,21H,4,11-13H2,1-3H3,(H,28,31)/t21-/m0/s1. The highest BCUT2D eigenvalue weighted by Crippen LogP contribution is 2.26. The molecule has 2 aromatic carbocycles. The highest BCUT2D eigenvalue weighted by molar-refractivity contribution is 6.42. The second-order valence-electron chi connectivity index (χ2n) is 7.76. The minimum Gasteiger partial charge on any atom is -0.354 e. The molecule has 0 unspecified atom stereocenters. The van der Waals surface area contributed by atoms with Crippen molar-refractivity contribution in [2.75, 3.05) is 6.54 Å². The Kier molecular flexibility index (Phi) is 9.95. The topological polar surface area (TPSA) is 49.4 Å². The molecule has 0 aromatic heterocycles. The molecule has 2 rings (SSSR count). The van der Waals surface area contributed by atoms with E-state index in [-0.39, 0.29) is 24.8 Å². The van der Waals surface area contributed by atoms with Crippen molar-refractivity contribution >= 4 is 58.2 Å². The zero-order valence-corrected chi connectivity index (χ0v) is 20.7. The molecule has 0 saturated carbocycles. The predicted molar refractivity (Wildman–Crippen MR) is 129 cm³/mol. The molecule has 2 amide bonds. The molecule has 0 radical (unpaired) electrons. The lowest BCUT2D eigenvalue weighted by atomic mass is 10.1. The number of rotatable bonds is 9. The largest absolute Gasteiger partial charge is 0.354 e. The van der Waals surface area contributed by atoms with Crippen molar-refractivity contribution in [3.63, 3.8) is 0 Å². The summed E-state index contributed by atoms with van der Waals surface area (Å²) in [6, 6.07) is 9.64. The van der Waals surface area contributed by atoms with Crippen molar-refractivity contribution in [1.82, 2.24) is 10.2 Å². The molecule has 31 heavy (non-hydrogen) atoms. The third kappa shape index (κ3) is 7.57. The molecular formula is C23H26Cl4N2O2. The molecule has 0 bridgehead atoms. The highest BCUT2D eigenvalue weighted by Gasteiger charge is 2.29. The Morgan fingerprint density at radius 3 is 1.97 bits per heavy atom. The Labute approximate surface area is 203 Å². The first-order valence-corrected chi connectivity index (χ1v) is 11.6. The molecule has 1 N–H and O–H groups in total. The number of carbonyl (C=O) groups is 2. The minimum absolute atomic E-state index is 0.0895. The smallest absolute Gasteiger partial charge is 0.242 e. The van der Waals surface area contributed by atoms with Crippen LogP contribution in [-0.4, -0.2) is 29.3 Å². The van der Waals surface area contributed by atoms with Crippen molar-refractivity contribution in [2.24, 2.45) is 5.92 Å². The van der Waals surface area contributed by atoms with E-state index in [0.717, 1.165) is 11.1 Å². The molecule has 0 aliphatic carbocycles. The van der Waals surface area contributed by atoms with Crippen molar-refractivity contribution in [1.29, 1.82) is 0 Å². The predicted octanol–water partition coefficient (Wildman–Crippen LogP) is 6.42. The molecule has 4 nitrogen and oxygen atoms in total. The van der Waals surface area contributed by atoms with Crippen LogP contribution in [0.2, 0.25) is 20.1 Å². The van der Waals surface area contributed by atoms with Gasteiger partial charge in [0.2, 0.25) is 11.8 Å². The van der Waals surface area contributed by atoms with Crippen LogP contribution in [0.5, 0.6) is 0 Å². The summed E-state index contributed by atoms with van der Waals surface area (Å²) in [5.41, 5.74) is 1.50. The van der Waals surface area contributed by atoms with Crippen LogP contribution < -0.4 is 5.32 Å². The molecule has 0 saturated heterocycles. The van der Waals surface area contributed by atoms with Gasteiger partial charge in [-0.2, -0.15) is 0 Å². The number of amides is 2. The van der Waals surface area contributed by atoms with Crippen molar-refractivity contribution < 1.29 is 9.59 Å². The van der Waals surface area contributed by atoms with Crippen LogP contribution in [0.3, 0.4) is 0 Å². The van der Waals surface area contributed by atoms with Crippen molar-refractivity contribution in [3.8, 4) is 0 Å². The second-order valence-corrected chi connectivity index (χ2v) is 9.39. The lowest BCUT2D eigenvalue weighted by Crippen LogP contribution is -2.50. The molecule has 0 aliphatic heterocycles. The summed E-state index contributed by atoms with van der Waals surface area (Å²) in [4.78, 5) is 27.8. The van der Waals surface area contributed by atoms with Gasteiger partial charge in [0, 0.05) is 13.1 Å². The fraction of sp³-hybridized carbons (Fsp3) is 0.391. The summed E-state index contributed by atoms with van der Waals surface area (Å²) in [5, 5.41) is 4.57. The lowest BCUT2D eigenvalue weighted by molar-refractivity contribution is -0.141. The fourth-order valence-corrected chi connectivity index (χ4v) is 3.74. The summed E-state index contributed by atoms with van der Waals surface area (Å²) in [6.07, 6.45) is 0.560. The van der Waals surface area contributed by atoms with Crippen LogP contribution in [0.25, 0.3) is 0 Å². The van der Waals surface area contributed by atoms with Gasteiger partial charge < -0.3 is 10.2 Å². The van der Waals surface area contributed by atoms with E-state index in [9.17, 15) is 9.59 Å². The van der Waals surface area contributed by atoms with Gasteiger partial charge in [-0.1, -0.05) is 79.3 Å². The molecular weight excluding hydrogens is 478 g/mol. The number of nitrogens with one attached hydrogen (secondary N) is 1. The number of benzene rings is 2. The van der Waals surface area contributed by atoms with Crippen molar-refractivity contribution in [2.45, 2.75) is 46.2 Å². The van der Waals surface area contributed by atoms with E-state index in [4.69, 9.17) is 46.4 Å². The Hall–Kier alpha value is -1.46. The number of hydrogen-bond acceptors (Lipinski definition) is 2. The SMILES string of the molecule is CC[C@@H](C(=O)NCC(C)C)N(Cc1ccc(Cl)c(Cl)c1)C(=O)Cc1ccc(Cl)c(Cl)c1. The van der Waals surface area contributed by atoms with E-state index in [1.165, 1.54) is 0 Å². The van der Waals surface area contributed by atoms with Crippen LogP contribution in [0.1, 0.15) is 38.3 Å². The molecule has 1 atom stereocenters. The van der Waals surface area contributed by atoms with E-state index in [2.05, 4.69) is 5.32 Å². The van der Waals surface area contributed by atoms with Gasteiger partial charge in [0.25, 0.3) is 0 Å². The maximum Gasteiger partial charge on any atom is 0.242 e. The first-order valence-electron chi connectivity index (χ1n) is 10.1. The van der Waals surface area contributed by atoms with Gasteiger partial charge in [-0.3, -0.25) is 9.59 Å². The van der Waals surface area contributed by atoms with Gasteiger partial charge in [0.15, 0.2) is 0 Å². The van der Waals surface area contributed by atoms with E-state index < -0.39 is 6.04 Å². The zero-order valence-electron chi connectivity index (χ0n) is 17.7. The zero-order chi connectivity index (χ0) is 23.1. The fourth-order valence-electron chi connectivity index (χ4n) is 3.10. The Bertz CT molecular complexity index is 934. The monoisotopic (exact) mass is 502 g/mol. The van der Waals surface area contributed by atoms with E-state index in [1.807, 2.05) is 20.8 Å².